The molecule has 4 spiro atoms. The van der Waals surface area contributed by atoms with Gasteiger partial charge < -0.3 is 94.9 Å². The first-order valence-corrected chi connectivity index (χ1v) is 33.0. The number of aliphatic hydroxyl groups is 3. The molecule has 8 saturated heterocycles. The van der Waals surface area contributed by atoms with Gasteiger partial charge in [-0.1, -0.05) is 243 Å². The third kappa shape index (κ3) is 23.7. The quantitative estimate of drug-likeness (QED) is 0.116. The maximum absolute atomic E-state index is 12.1. The minimum atomic E-state index is -2.87. The fraction of sp³-hybridized carbons (Fsp3) is 0.222. The van der Waals surface area contributed by atoms with Crippen LogP contribution in [0.4, 0.5) is 0 Å². The summed E-state index contributed by atoms with van der Waals surface area (Å²) >= 11 is 0. The van der Waals surface area contributed by atoms with Crippen molar-refractivity contribution in [2.75, 3.05) is 26.4 Å². The number of carbonyl (C=O) groups is 8. The Balaban J connectivity index is 0.000000243. The molecule has 0 bridgehead atoms. The largest absolute Gasteiger partial charge is 1.00 e. The molecular weight excluding hydrogens is 1450 g/mol. The Bertz CT molecular complexity index is 3360. The summed E-state index contributed by atoms with van der Waals surface area (Å²) in [5.74, 6) is -5.13. The van der Waals surface area contributed by atoms with Gasteiger partial charge in [-0.2, -0.15) is 0 Å². The topological polar surface area (TPSA) is 368 Å². The molecular formula is C72H73B4Na4O28. The van der Waals surface area contributed by atoms with Gasteiger partial charge in [-0.15, -0.1) is 0 Å². The van der Waals surface area contributed by atoms with Crippen LogP contribution in [-0.2, 0) is 113 Å². The van der Waals surface area contributed by atoms with Crippen molar-refractivity contribution in [3.05, 3.63) is 287 Å². The predicted molar refractivity (Wildman–Crippen MR) is 372 cm³/mol. The molecule has 0 saturated carbocycles. The molecule has 8 aliphatic heterocycles. The van der Waals surface area contributed by atoms with E-state index in [0.29, 0.717) is 51.1 Å². The number of hydrogen-bond donors (Lipinski definition) is 3. The van der Waals surface area contributed by atoms with Gasteiger partial charge >= 0.3 is 117 Å². The van der Waals surface area contributed by atoms with Gasteiger partial charge in [0.2, 0.25) is 0 Å². The van der Waals surface area contributed by atoms with Crippen molar-refractivity contribution in [3.63, 3.8) is 0 Å². The molecule has 108 heavy (non-hydrogen) atoms. The van der Waals surface area contributed by atoms with Crippen LogP contribution in [0.15, 0.2) is 243 Å². The number of hydrogen-bond acceptors (Lipinski definition) is 27. The summed E-state index contributed by atoms with van der Waals surface area (Å²) in [6, 6.07) is 70.6. The normalized spacial score (nSPS) is 22.3. The fourth-order valence-electron chi connectivity index (χ4n) is 10.8. The van der Waals surface area contributed by atoms with E-state index in [1.54, 1.807) is 222 Å². The molecule has 8 aromatic carbocycles. The first kappa shape index (κ1) is 91.9. The summed E-state index contributed by atoms with van der Waals surface area (Å²) in [5.41, 5.74) is 4.88. The second kappa shape index (κ2) is 44.4. The van der Waals surface area contributed by atoms with Gasteiger partial charge in [0, 0.05) is 56.3 Å². The van der Waals surface area contributed by atoms with Crippen LogP contribution in [0, 0.1) is 0 Å². The molecule has 0 aliphatic carbocycles. The first-order chi connectivity index (χ1) is 50.3. The Morgan fingerprint density at radius 1 is 0.241 bits per heavy atom. The van der Waals surface area contributed by atoms with Gasteiger partial charge in [-0.05, 0) is 65.3 Å². The maximum atomic E-state index is 12.1. The van der Waals surface area contributed by atoms with Gasteiger partial charge in [-0.3, -0.25) is 38.4 Å². The van der Waals surface area contributed by atoms with Crippen molar-refractivity contribution in [1.29, 1.82) is 0 Å². The van der Waals surface area contributed by atoms with Gasteiger partial charge in [0.15, 0.2) is 0 Å². The van der Waals surface area contributed by atoms with Crippen molar-refractivity contribution in [3.8, 4) is 0 Å². The zero-order valence-electron chi connectivity index (χ0n) is 60.5. The van der Waals surface area contributed by atoms with Gasteiger partial charge in [0.05, 0.1) is 0 Å². The molecule has 8 aliphatic rings. The molecule has 545 valence electrons. The Labute approximate surface area is 710 Å². The second-order valence-electron chi connectivity index (χ2n) is 22.5. The molecule has 8 atom stereocenters. The van der Waals surface area contributed by atoms with Gasteiger partial charge in [0.25, 0.3) is 47.8 Å². The van der Waals surface area contributed by atoms with Crippen LogP contribution in [-0.4, -0.2) is 152 Å². The Kier molecular flexibility index (Phi) is 37.8. The van der Waals surface area contributed by atoms with Crippen molar-refractivity contribution < 1.29 is 222 Å². The van der Waals surface area contributed by atoms with Crippen LogP contribution in [0.5, 0.6) is 0 Å². The molecule has 0 unspecified atom stereocenters. The van der Waals surface area contributed by atoms with Crippen LogP contribution in [0.1, 0.15) is 121 Å². The zero-order chi connectivity index (χ0) is 74.3. The van der Waals surface area contributed by atoms with Crippen molar-refractivity contribution in [2.24, 2.45) is 0 Å². The van der Waals surface area contributed by atoms with E-state index in [1.807, 2.05) is 48.5 Å². The molecule has 28 nitrogen and oxygen atoms in total. The predicted octanol–water partition coefficient (Wildman–Crippen LogP) is -1.44. The molecule has 1 radical (unpaired) electrons. The van der Waals surface area contributed by atoms with E-state index in [0.717, 1.165) is 0 Å². The SMILES string of the molecule is CCO.CCO.CCO.CC[OH2+].O=C1O[B-]2(OC(=O)[C@@H](c3ccccc3)O2)O[C@@H]1c1ccccc1.O=C1O[B-]2(OC(=O)[C@@H](c3ccccc3)O2)O[C@@H]1c1ccccc1.O=C1O[B-]2(OC(=O)[C@@H](c3ccccc3)O2)O[C@@H]1c1ccccc1.O=C1O[B-]2(OC(=O)[C@@H](c3ccccc3)O2)O[C@@H]1c1ccccc1.[Na+].[Na+].[Na+].[Na]. The molecule has 0 amide bonds. The van der Waals surface area contributed by atoms with E-state index in [4.69, 9.17) is 94.9 Å². The van der Waals surface area contributed by atoms with E-state index in [9.17, 15) is 38.4 Å². The van der Waals surface area contributed by atoms with Crippen molar-refractivity contribution >= 4 is 105 Å². The standard InChI is InChI=1S/4C16H12BO6.4C2H6O.4Na/c4*18-15-13(11-7-3-1-4-8-11)20-17(22-15)21-14(16(19)23-17)12-9-5-2-6-10-12;4*1-2-3;;;;/h4*1-10,13-14H;4*3H,2H2,1H3;;;;/q4*-1;;;;;;3*+1/p+1/t4*13-,14-,17?;;;;;;;;/m1111......../s1. The molecule has 8 heterocycles. The summed E-state index contributed by atoms with van der Waals surface area (Å²) in [6.07, 6.45) is -7.79. The van der Waals surface area contributed by atoms with Crippen LogP contribution < -0.4 is 88.7 Å². The summed E-state index contributed by atoms with van der Waals surface area (Å²) in [6.45, 7) is -3.39. The smallest absolute Gasteiger partial charge is 0.606 e. The minimum absolute atomic E-state index is 0. The van der Waals surface area contributed by atoms with Crippen molar-refractivity contribution in [1.82, 2.24) is 0 Å². The minimum Gasteiger partial charge on any atom is -0.606 e. The van der Waals surface area contributed by atoms with Crippen LogP contribution in [0.3, 0.4) is 0 Å². The maximum Gasteiger partial charge on any atom is 1.00 e. The third-order valence-electron chi connectivity index (χ3n) is 15.0. The number of aliphatic hydroxyl groups excluding tert-OH is 3. The average Bonchev–Trinajstić information content (AvgIpc) is 1.63. The van der Waals surface area contributed by atoms with E-state index in [-0.39, 0.29) is 138 Å². The number of benzene rings is 8. The Morgan fingerprint density at radius 2 is 0.324 bits per heavy atom. The van der Waals surface area contributed by atoms with Crippen LogP contribution in [0.2, 0.25) is 0 Å². The molecule has 36 heteroatoms. The van der Waals surface area contributed by atoms with Gasteiger partial charge in [-0.25, -0.2) is 0 Å². The monoisotopic (exact) mass is 1520 g/mol. The molecule has 8 fully saturated rings. The molecule has 16 rings (SSSR count). The summed E-state index contributed by atoms with van der Waals surface area (Å²) in [7, 11) is 0. The summed E-state index contributed by atoms with van der Waals surface area (Å²) in [4.78, 5) is 96.7. The van der Waals surface area contributed by atoms with E-state index >= 15 is 0 Å². The Hall–Kier alpha value is -6.70. The number of rotatable bonds is 8. The van der Waals surface area contributed by atoms with E-state index in [2.05, 4.69) is 0 Å². The Morgan fingerprint density at radius 3 is 0.407 bits per heavy atom. The number of carbonyl (C=O) groups excluding carboxylic acids is 8. The molecule has 5 N–H and O–H groups in total. The second-order valence-corrected chi connectivity index (χ2v) is 22.5. The fourth-order valence-corrected chi connectivity index (χ4v) is 10.8. The van der Waals surface area contributed by atoms with Gasteiger partial charge in [0.1, 0.15) is 55.4 Å². The third-order valence-corrected chi connectivity index (χ3v) is 15.0. The van der Waals surface area contributed by atoms with E-state index in [1.165, 1.54) is 0 Å². The van der Waals surface area contributed by atoms with Crippen LogP contribution >= 0.6 is 0 Å². The molecule has 8 aromatic rings. The summed E-state index contributed by atoms with van der Waals surface area (Å²) in [5, 5.41) is 28.9. The zero-order valence-corrected chi connectivity index (χ0v) is 68.5. The summed E-state index contributed by atoms with van der Waals surface area (Å²) < 4.78 is 85.5. The molecule has 0 aromatic heterocycles. The average molecular weight is 1520 g/mol. The van der Waals surface area contributed by atoms with E-state index < -0.39 is 124 Å². The van der Waals surface area contributed by atoms with Crippen molar-refractivity contribution in [2.45, 2.75) is 76.5 Å². The van der Waals surface area contributed by atoms with Crippen LogP contribution in [0.25, 0.3) is 0 Å². The first-order valence-electron chi connectivity index (χ1n) is 33.0.